The third-order valence-corrected chi connectivity index (χ3v) is 3.43. The van der Waals surface area contributed by atoms with Crippen LogP contribution in [0.1, 0.15) is 40.5 Å². The summed E-state index contributed by atoms with van der Waals surface area (Å²) in [5.41, 5.74) is 0.370. The first-order chi connectivity index (χ1) is 5.35. The maximum atomic E-state index is 11.2. The largest absolute Gasteiger partial charge is 0.295 e. The van der Waals surface area contributed by atoms with E-state index in [9.17, 15) is 4.79 Å². The Bertz CT molecular complexity index is 221. The molecule has 0 saturated heterocycles. The van der Waals surface area contributed by atoms with Gasteiger partial charge in [-0.25, -0.2) is 0 Å². The van der Waals surface area contributed by atoms with Gasteiger partial charge in [-0.05, 0) is 23.3 Å². The zero-order valence-electron chi connectivity index (χ0n) is 8.48. The van der Waals surface area contributed by atoms with E-state index in [0.29, 0.717) is 6.42 Å². The topological polar surface area (TPSA) is 17.1 Å². The number of carbonyl (C=O) groups excluding carboxylic acids is 1. The van der Waals surface area contributed by atoms with Crippen LogP contribution in [0.25, 0.3) is 0 Å². The predicted molar refractivity (Wildman–Crippen MR) is 50.9 cm³/mol. The third-order valence-electron chi connectivity index (χ3n) is 3.43. The number of ketones is 1. The van der Waals surface area contributed by atoms with Crippen LogP contribution in [0.5, 0.6) is 0 Å². The molecule has 0 saturated carbocycles. The molecule has 0 heterocycles. The van der Waals surface area contributed by atoms with Gasteiger partial charge in [-0.3, -0.25) is 4.79 Å². The Morgan fingerprint density at radius 2 is 1.83 bits per heavy atom. The van der Waals surface area contributed by atoms with Crippen molar-refractivity contribution in [3.05, 3.63) is 12.2 Å². The Morgan fingerprint density at radius 1 is 1.25 bits per heavy atom. The van der Waals surface area contributed by atoms with E-state index < -0.39 is 0 Å². The molecule has 1 rings (SSSR count). The Hall–Kier alpha value is -0.590. The average Bonchev–Trinajstić information content (AvgIpc) is 2.02. The van der Waals surface area contributed by atoms with Gasteiger partial charge in [-0.15, -0.1) is 0 Å². The van der Waals surface area contributed by atoms with Crippen LogP contribution in [0.4, 0.5) is 0 Å². The van der Waals surface area contributed by atoms with Gasteiger partial charge in [0.15, 0.2) is 5.78 Å². The number of rotatable bonds is 0. The molecule has 0 bridgehead atoms. The van der Waals surface area contributed by atoms with Gasteiger partial charge in [0.25, 0.3) is 0 Å². The van der Waals surface area contributed by atoms with Crippen molar-refractivity contribution in [3.63, 3.8) is 0 Å². The number of carbonyl (C=O) groups is 1. The summed E-state index contributed by atoms with van der Waals surface area (Å²) in [6.45, 7) is 8.86. The van der Waals surface area contributed by atoms with E-state index in [0.717, 1.165) is 6.42 Å². The minimum Gasteiger partial charge on any atom is -0.295 e. The van der Waals surface area contributed by atoms with E-state index in [4.69, 9.17) is 0 Å². The molecule has 0 atom stereocenters. The van der Waals surface area contributed by atoms with Crippen LogP contribution in [0, 0.1) is 10.8 Å². The molecule has 0 aromatic carbocycles. The van der Waals surface area contributed by atoms with E-state index in [1.807, 2.05) is 0 Å². The summed E-state index contributed by atoms with van der Waals surface area (Å²) in [6.07, 6.45) is 5.50. The summed E-state index contributed by atoms with van der Waals surface area (Å²) in [5.74, 6) is 0.272. The first kappa shape index (κ1) is 9.50. The average molecular weight is 166 g/mol. The van der Waals surface area contributed by atoms with Crippen molar-refractivity contribution >= 4 is 5.78 Å². The van der Waals surface area contributed by atoms with Crippen molar-refractivity contribution in [3.8, 4) is 0 Å². The second-order valence-electron chi connectivity index (χ2n) is 4.91. The minimum atomic E-state index is 0.138. The highest BCUT2D eigenvalue weighted by Gasteiger charge is 2.36. The van der Waals surface area contributed by atoms with Crippen LogP contribution in [0.15, 0.2) is 12.2 Å². The Morgan fingerprint density at radius 3 is 2.42 bits per heavy atom. The summed E-state index contributed by atoms with van der Waals surface area (Å²) in [4.78, 5) is 11.2. The van der Waals surface area contributed by atoms with E-state index in [2.05, 4.69) is 33.8 Å². The molecule has 0 spiro atoms. The molecular weight excluding hydrogens is 148 g/mol. The first-order valence-electron chi connectivity index (χ1n) is 4.57. The van der Waals surface area contributed by atoms with Crippen molar-refractivity contribution < 1.29 is 4.79 Å². The van der Waals surface area contributed by atoms with Crippen LogP contribution in [-0.4, -0.2) is 5.78 Å². The van der Waals surface area contributed by atoms with Gasteiger partial charge in [0.05, 0.1) is 0 Å². The van der Waals surface area contributed by atoms with Gasteiger partial charge >= 0.3 is 0 Å². The fourth-order valence-electron chi connectivity index (χ4n) is 1.37. The molecule has 1 nitrogen and oxygen atoms in total. The molecule has 12 heavy (non-hydrogen) atoms. The quantitative estimate of drug-likeness (QED) is 0.540. The molecule has 0 aromatic heterocycles. The summed E-state index contributed by atoms with van der Waals surface area (Å²) in [6, 6.07) is 0. The third kappa shape index (κ3) is 1.60. The SMILES string of the molecule is CC1(C)C=CC(=O)CCC1(C)C. The second kappa shape index (κ2) is 2.72. The highest BCUT2D eigenvalue weighted by atomic mass is 16.1. The van der Waals surface area contributed by atoms with Crippen LogP contribution in [0.2, 0.25) is 0 Å². The van der Waals surface area contributed by atoms with Crippen molar-refractivity contribution in [2.24, 2.45) is 10.8 Å². The molecule has 0 amide bonds. The summed E-state index contributed by atoms with van der Waals surface area (Å²) >= 11 is 0. The smallest absolute Gasteiger partial charge is 0.155 e. The van der Waals surface area contributed by atoms with Gasteiger partial charge in [-0.1, -0.05) is 33.8 Å². The summed E-state index contributed by atoms with van der Waals surface area (Å²) in [5, 5.41) is 0. The van der Waals surface area contributed by atoms with Crippen molar-refractivity contribution in [1.29, 1.82) is 0 Å². The molecular formula is C11H18O. The zero-order valence-corrected chi connectivity index (χ0v) is 8.48. The highest BCUT2D eigenvalue weighted by Crippen LogP contribution is 2.44. The van der Waals surface area contributed by atoms with Crippen LogP contribution in [0.3, 0.4) is 0 Å². The molecule has 0 unspecified atom stereocenters. The first-order valence-corrected chi connectivity index (χ1v) is 4.57. The normalized spacial score (nSPS) is 26.8. The van der Waals surface area contributed by atoms with Crippen molar-refractivity contribution in [2.75, 3.05) is 0 Å². The molecule has 0 aliphatic heterocycles. The summed E-state index contributed by atoms with van der Waals surface area (Å²) < 4.78 is 0. The lowest BCUT2D eigenvalue weighted by atomic mass is 9.66. The fraction of sp³-hybridized carbons (Fsp3) is 0.727. The fourth-order valence-corrected chi connectivity index (χ4v) is 1.37. The molecule has 0 N–H and O–H groups in total. The van der Waals surface area contributed by atoms with Gasteiger partial charge in [0.2, 0.25) is 0 Å². The molecule has 0 aromatic rings. The second-order valence-corrected chi connectivity index (χ2v) is 4.91. The summed E-state index contributed by atoms with van der Waals surface area (Å²) in [7, 11) is 0. The van der Waals surface area contributed by atoms with E-state index in [1.54, 1.807) is 6.08 Å². The molecule has 0 fully saturated rings. The van der Waals surface area contributed by atoms with Crippen molar-refractivity contribution in [2.45, 2.75) is 40.5 Å². The number of hydrogen-bond acceptors (Lipinski definition) is 1. The van der Waals surface area contributed by atoms with Gasteiger partial charge in [-0.2, -0.15) is 0 Å². The maximum absolute atomic E-state index is 11.2. The maximum Gasteiger partial charge on any atom is 0.155 e. The minimum absolute atomic E-state index is 0.138. The van der Waals surface area contributed by atoms with Gasteiger partial charge < -0.3 is 0 Å². The highest BCUT2D eigenvalue weighted by molar-refractivity contribution is 5.90. The van der Waals surface area contributed by atoms with Crippen LogP contribution >= 0.6 is 0 Å². The number of hydrogen-bond donors (Lipinski definition) is 0. The standard InChI is InChI=1S/C11H18O/c1-10(2)7-5-9(12)6-8-11(10,3)4/h5,7H,6,8H2,1-4H3. The monoisotopic (exact) mass is 166 g/mol. The van der Waals surface area contributed by atoms with Gasteiger partial charge in [0, 0.05) is 6.42 Å². The lowest BCUT2D eigenvalue weighted by Gasteiger charge is -2.38. The zero-order chi connectivity index (χ0) is 9.41. The lowest BCUT2D eigenvalue weighted by molar-refractivity contribution is -0.115. The van der Waals surface area contributed by atoms with Gasteiger partial charge in [0.1, 0.15) is 0 Å². The molecule has 68 valence electrons. The molecule has 1 aliphatic carbocycles. The van der Waals surface area contributed by atoms with E-state index in [-0.39, 0.29) is 16.6 Å². The molecule has 0 radical (unpaired) electrons. The Labute approximate surface area is 74.9 Å². The number of allylic oxidation sites excluding steroid dienone is 2. The van der Waals surface area contributed by atoms with E-state index in [1.165, 1.54) is 0 Å². The molecule has 1 aliphatic rings. The van der Waals surface area contributed by atoms with Crippen LogP contribution in [-0.2, 0) is 4.79 Å². The lowest BCUT2D eigenvalue weighted by Crippen LogP contribution is -2.29. The predicted octanol–water partition coefficient (Wildman–Crippen LogP) is 2.96. The van der Waals surface area contributed by atoms with Crippen molar-refractivity contribution in [1.82, 2.24) is 0 Å². The van der Waals surface area contributed by atoms with E-state index >= 15 is 0 Å². The van der Waals surface area contributed by atoms with Crippen LogP contribution < -0.4 is 0 Å². The Kier molecular flexibility index (Phi) is 2.15. The Balaban J connectivity index is 2.96. The molecule has 1 heteroatoms.